The summed E-state index contributed by atoms with van der Waals surface area (Å²) in [4.78, 5) is 11.5. The number of aromatic nitrogens is 2. The van der Waals surface area contributed by atoms with Gasteiger partial charge in [-0.3, -0.25) is 0 Å². The first-order valence-corrected chi connectivity index (χ1v) is 11.1. The van der Waals surface area contributed by atoms with E-state index in [4.69, 9.17) is 4.74 Å². The Labute approximate surface area is 160 Å². The number of aliphatic hydroxyl groups excluding tert-OH is 1. The third-order valence-corrected chi connectivity index (χ3v) is 7.55. The first kappa shape index (κ1) is 18.2. The van der Waals surface area contributed by atoms with Crippen LogP contribution in [0.25, 0.3) is 10.2 Å². The second kappa shape index (κ2) is 7.81. The third-order valence-electron chi connectivity index (χ3n) is 6.37. The second-order valence-electron chi connectivity index (χ2n) is 8.00. The summed E-state index contributed by atoms with van der Waals surface area (Å²) in [5.41, 5.74) is 1.37. The fraction of sp³-hybridized carbons (Fsp3) is 0.714. The molecule has 1 N–H and O–H groups in total. The van der Waals surface area contributed by atoms with Crippen LogP contribution in [0.3, 0.4) is 0 Å². The van der Waals surface area contributed by atoms with E-state index in [1.807, 2.05) is 0 Å². The highest BCUT2D eigenvalue weighted by molar-refractivity contribution is 7.19. The molecule has 2 aromatic rings. The van der Waals surface area contributed by atoms with Crippen molar-refractivity contribution in [3.63, 3.8) is 0 Å². The summed E-state index contributed by atoms with van der Waals surface area (Å²) in [6.07, 6.45) is 11.7. The number of nitrogens with zero attached hydrogens (tertiary/aromatic N) is 2. The van der Waals surface area contributed by atoms with Crippen molar-refractivity contribution in [1.82, 2.24) is 9.97 Å². The highest BCUT2D eigenvalue weighted by Gasteiger charge is 2.32. The Kier molecular flexibility index (Phi) is 5.46. The van der Waals surface area contributed by atoms with Crippen LogP contribution in [0.15, 0.2) is 6.33 Å². The van der Waals surface area contributed by atoms with Gasteiger partial charge in [0.15, 0.2) is 0 Å². The van der Waals surface area contributed by atoms with E-state index in [2.05, 4.69) is 23.8 Å². The van der Waals surface area contributed by atoms with Gasteiger partial charge >= 0.3 is 0 Å². The SMILES string of the molecule is CCC1CCC(Oc2ncnc3sc4c(c23)[C@@H](C[C@H](O)CC)CC4)CC1. The van der Waals surface area contributed by atoms with Crippen LogP contribution in [0.2, 0.25) is 0 Å². The summed E-state index contributed by atoms with van der Waals surface area (Å²) in [6, 6.07) is 0. The van der Waals surface area contributed by atoms with E-state index in [0.717, 1.165) is 60.5 Å². The number of hydrogen-bond donors (Lipinski definition) is 1. The molecule has 1 fully saturated rings. The number of hydrogen-bond acceptors (Lipinski definition) is 5. The van der Waals surface area contributed by atoms with Crippen molar-refractivity contribution in [2.45, 2.75) is 89.8 Å². The van der Waals surface area contributed by atoms with Gasteiger partial charge in [0.1, 0.15) is 17.3 Å². The first-order valence-electron chi connectivity index (χ1n) is 10.3. The van der Waals surface area contributed by atoms with E-state index < -0.39 is 0 Å². The number of aliphatic hydroxyl groups is 1. The normalized spacial score (nSPS) is 26.8. The van der Waals surface area contributed by atoms with Gasteiger partial charge in [-0.05, 0) is 68.8 Å². The minimum Gasteiger partial charge on any atom is -0.474 e. The van der Waals surface area contributed by atoms with Crippen LogP contribution in [0.4, 0.5) is 0 Å². The molecule has 5 heteroatoms. The Morgan fingerprint density at radius 3 is 2.73 bits per heavy atom. The Bertz CT molecular complexity index is 752. The van der Waals surface area contributed by atoms with E-state index >= 15 is 0 Å². The highest BCUT2D eigenvalue weighted by atomic mass is 32.1. The van der Waals surface area contributed by atoms with E-state index in [1.165, 1.54) is 29.7 Å². The first-order chi connectivity index (χ1) is 12.7. The maximum Gasteiger partial charge on any atom is 0.225 e. The Morgan fingerprint density at radius 2 is 2.00 bits per heavy atom. The zero-order valence-electron chi connectivity index (χ0n) is 15.9. The molecule has 0 radical (unpaired) electrons. The van der Waals surface area contributed by atoms with Gasteiger partial charge in [0.05, 0.1) is 11.5 Å². The molecular formula is C21H30N2O2S. The maximum atomic E-state index is 10.2. The molecule has 142 valence electrons. The van der Waals surface area contributed by atoms with Crippen LogP contribution < -0.4 is 4.74 Å². The van der Waals surface area contributed by atoms with Crippen molar-refractivity contribution in [3.05, 3.63) is 16.8 Å². The molecule has 0 unspecified atom stereocenters. The van der Waals surface area contributed by atoms with Gasteiger partial charge in [-0.25, -0.2) is 9.97 Å². The van der Waals surface area contributed by atoms with E-state index in [-0.39, 0.29) is 12.2 Å². The molecule has 0 amide bonds. The number of fused-ring (bicyclic) bond motifs is 3. The lowest BCUT2D eigenvalue weighted by Gasteiger charge is -2.28. The van der Waals surface area contributed by atoms with Crippen LogP contribution >= 0.6 is 11.3 Å². The fourth-order valence-corrected chi connectivity index (χ4v) is 5.91. The second-order valence-corrected chi connectivity index (χ2v) is 9.08. The zero-order chi connectivity index (χ0) is 18.1. The Hall–Kier alpha value is -1.20. The molecule has 1 saturated carbocycles. The largest absolute Gasteiger partial charge is 0.474 e. The summed E-state index contributed by atoms with van der Waals surface area (Å²) >= 11 is 1.79. The molecule has 26 heavy (non-hydrogen) atoms. The van der Waals surface area contributed by atoms with Gasteiger partial charge in [0, 0.05) is 4.88 Å². The standard InChI is InChI=1S/C21H30N2O2S/c1-3-13-5-8-16(9-6-13)25-20-19-18-14(11-15(24)4-2)7-10-17(18)26-21(19)23-12-22-20/h12-16,24H,3-11H2,1-2H3/t13?,14-,15-,16?/m1/s1. The summed E-state index contributed by atoms with van der Waals surface area (Å²) in [7, 11) is 0. The predicted molar refractivity (Wildman–Crippen MR) is 106 cm³/mol. The van der Waals surface area contributed by atoms with E-state index in [1.54, 1.807) is 17.7 Å². The van der Waals surface area contributed by atoms with Crippen LogP contribution in [-0.4, -0.2) is 27.3 Å². The molecule has 0 spiro atoms. The summed E-state index contributed by atoms with van der Waals surface area (Å²) in [6.45, 7) is 4.34. The molecule has 2 heterocycles. The lowest BCUT2D eigenvalue weighted by atomic mass is 9.86. The molecule has 0 saturated heterocycles. The topological polar surface area (TPSA) is 55.2 Å². The average Bonchev–Trinajstić information content (AvgIpc) is 3.22. The molecule has 0 bridgehead atoms. The molecule has 0 aliphatic heterocycles. The third kappa shape index (κ3) is 3.48. The van der Waals surface area contributed by atoms with Crippen molar-refractivity contribution < 1.29 is 9.84 Å². The highest BCUT2D eigenvalue weighted by Crippen LogP contribution is 2.48. The van der Waals surface area contributed by atoms with Gasteiger partial charge in [0.2, 0.25) is 5.88 Å². The summed E-state index contributed by atoms with van der Waals surface area (Å²) in [5.74, 6) is 2.06. The van der Waals surface area contributed by atoms with Gasteiger partial charge in [-0.15, -0.1) is 11.3 Å². The van der Waals surface area contributed by atoms with Crippen LogP contribution in [0.1, 0.15) is 81.6 Å². The van der Waals surface area contributed by atoms with Crippen LogP contribution in [0.5, 0.6) is 5.88 Å². The molecule has 2 atom stereocenters. The predicted octanol–water partition coefficient (Wildman–Crippen LogP) is 5.23. The molecule has 4 nitrogen and oxygen atoms in total. The fourth-order valence-electron chi connectivity index (χ4n) is 4.68. The monoisotopic (exact) mass is 374 g/mol. The minimum atomic E-state index is -0.223. The van der Waals surface area contributed by atoms with Gasteiger partial charge in [0.25, 0.3) is 0 Å². The van der Waals surface area contributed by atoms with Crippen LogP contribution in [0, 0.1) is 5.92 Å². The molecule has 2 aliphatic carbocycles. The van der Waals surface area contributed by atoms with Crippen molar-refractivity contribution in [1.29, 1.82) is 0 Å². The molecular weight excluding hydrogens is 344 g/mol. The van der Waals surface area contributed by atoms with Crippen molar-refractivity contribution in [2.75, 3.05) is 0 Å². The van der Waals surface area contributed by atoms with Crippen molar-refractivity contribution in [3.8, 4) is 5.88 Å². The zero-order valence-corrected chi connectivity index (χ0v) is 16.7. The molecule has 0 aromatic carbocycles. The van der Waals surface area contributed by atoms with Crippen LogP contribution in [-0.2, 0) is 6.42 Å². The van der Waals surface area contributed by atoms with E-state index in [0.29, 0.717) is 5.92 Å². The van der Waals surface area contributed by atoms with E-state index in [9.17, 15) is 5.11 Å². The quantitative estimate of drug-likeness (QED) is 0.752. The number of ether oxygens (including phenoxy) is 1. The molecule has 2 aliphatic rings. The van der Waals surface area contributed by atoms with Crippen molar-refractivity contribution in [2.24, 2.45) is 5.92 Å². The Morgan fingerprint density at radius 1 is 1.19 bits per heavy atom. The summed E-state index contributed by atoms with van der Waals surface area (Å²) in [5, 5.41) is 11.3. The minimum absolute atomic E-state index is 0.223. The van der Waals surface area contributed by atoms with Gasteiger partial charge < -0.3 is 9.84 Å². The number of rotatable bonds is 6. The number of aryl methyl sites for hydroxylation is 1. The lowest BCUT2D eigenvalue weighted by molar-refractivity contribution is 0.126. The molecule has 4 rings (SSSR count). The smallest absolute Gasteiger partial charge is 0.225 e. The van der Waals surface area contributed by atoms with Crippen molar-refractivity contribution >= 4 is 21.6 Å². The average molecular weight is 375 g/mol. The lowest BCUT2D eigenvalue weighted by Crippen LogP contribution is -2.24. The molecule has 2 aromatic heterocycles. The summed E-state index contributed by atoms with van der Waals surface area (Å²) < 4.78 is 6.42. The number of thiophene rings is 1. The Balaban J connectivity index is 1.60. The van der Waals surface area contributed by atoms with Gasteiger partial charge in [-0.2, -0.15) is 0 Å². The van der Waals surface area contributed by atoms with Gasteiger partial charge in [-0.1, -0.05) is 20.3 Å². The maximum absolute atomic E-state index is 10.2.